The molecule has 0 saturated carbocycles. The lowest BCUT2D eigenvalue weighted by atomic mass is 10.1. The topological polar surface area (TPSA) is 28.2 Å². The third-order valence-corrected chi connectivity index (χ3v) is 4.14. The lowest BCUT2D eigenvalue weighted by Crippen LogP contribution is -2.31. The summed E-state index contributed by atoms with van der Waals surface area (Å²) in [5.74, 6) is 0. The zero-order valence-corrected chi connectivity index (χ0v) is 11.8. The molecule has 3 rings (SSSR count). The van der Waals surface area contributed by atoms with Gasteiger partial charge in [0.25, 0.3) is 0 Å². The third-order valence-electron chi connectivity index (χ3n) is 3.90. The van der Waals surface area contributed by atoms with Gasteiger partial charge in [-0.25, -0.2) is 0 Å². The van der Waals surface area contributed by atoms with Gasteiger partial charge in [0.1, 0.15) is 0 Å². The van der Waals surface area contributed by atoms with Crippen LogP contribution in [0, 0.1) is 0 Å². The largest absolute Gasteiger partial charge is 0.383 e. The monoisotopic (exact) mass is 275 g/mol. The van der Waals surface area contributed by atoms with Crippen molar-refractivity contribution < 1.29 is 0 Å². The first kappa shape index (κ1) is 12.7. The molecular weight excluding hydrogens is 258 g/mol. The average Bonchev–Trinajstić information content (AvgIpc) is 2.81. The van der Waals surface area contributed by atoms with Crippen molar-refractivity contribution >= 4 is 28.2 Å². The van der Waals surface area contributed by atoms with Crippen molar-refractivity contribution in [2.75, 3.05) is 25.5 Å². The molecule has 2 heterocycles. The van der Waals surface area contributed by atoms with Gasteiger partial charge in [0.2, 0.25) is 0 Å². The third kappa shape index (κ3) is 2.67. The van der Waals surface area contributed by atoms with E-state index in [1.165, 1.54) is 19.4 Å². The molecule has 1 aliphatic heterocycles. The Labute approximate surface area is 118 Å². The van der Waals surface area contributed by atoms with Gasteiger partial charge in [-0.05, 0) is 50.7 Å². The molecule has 1 fully saturated rings. The maximum absolute atomic E-state index is 6.00. The molecule has 19 heavy (non-hydrogen) atoms. The minimum absolute atomic E-state index is 0.635. The molecule has 1 saturated heterocycles. The van der Waals surface area contributed by atoms with E-state index in [0.29, 0.717) is 6.04 Å². The Morgan fingerprint density at radius 2 is 2.32 bits per heavy atom. The Morgan fingerprint density at radius 3 is 3.11 bits per heavy atom. The number of nitrogens with zero attached hydrogens (tertiary/aromatic N) is 2. The summed E-state index contributed by atoms with van der Waals surface area (Å²) >= 11 is 6.00. The van der Waals surface area contributed by atoms with Crippen LogP contribution in [0.5, 0.6) is 0 Å². The molecule has 4 heteroatoms. The first-order chi connectivity index (χ1) is 9.24. The highest BCUT2D eigenvalue weighted by molar-refractivity contribution is 6.31. The first-order valence-electron chi connectivity index (χ1n) is 6.72. The molecule has 1 aliphatic rings. The minimum Gasteiger partial charge on any atom is -0.383 e. The molecule has 100 valence electrons. The molecule has 0 spiro atoms. The number of benzene rings is 1. The molecule has 1 aromatic heterocycles. The Hall–Kier alpha value is -1.32. The van der Waals surface area contributed by atoms with Crippen molar-refractivity contribution in [3.8, 4) is 0 Å². The molecule has 0 aliphatic carbocycles. The van der Waals surface area contributed by atoms with Gasteiger partial charge in [-0.3, -0.25) is 4.98 Å². The number of halogens is 1. The van der Waals surface area contributed by atoms with Gasteiger partial charge in [0.15, 0.2) is 0 Å². The molecular formula is C15H18ClN3. The lowest BCUT2D eigenvalue weighted by molar-refractivity contribution is 0.322. The fourth-order valence-electron chi connectivity index (χ4n) is 2.74. The number of aromatic nitrogens is 1. The van der Waals surface area contributed by atoms with Crippen LogP contribution in [0.3, 0.4) is 0 Å². The normalized spacial score (nSPS) is 20.0. The van der Waals surface area contributed by atoms with Crippen molar-refractivity contribution in [1.29, 1.82) is 0 Å². The van der Waals surface area contributed by atoms with E-state index in [9.17, 15) is 0 Å². The summed E-state index contributed by atoms with van der Waals surface area (Å²) in [5, 5.41) is 5.42. The van der Waals surface area contributed by atoms with Crippen LogP contribution in [0.15, 0.2) is 30.5 Å². The number of rotatable bonds is 3. The summed E-state index contributed by atoms with van der Waals surface area (Å²) in [6.45, 7) is 2.19. The van der Waals surface area contributed by atoms with Crippen LogP contribution in [0.25, 0.3) is 10.9 Å². The number of hydrogen-bond donors (Lipinski definition) is 1. The van der Waals surface area contributed by atoms with Crippen LogP contribution in [-0.4, -0.2) is 36.1 Å². The fourth-order valence-corrected chi connectivity index (χ4v) is 2.91. The number of hydrogen-bond acceptors (Lipinski definition) is 3. The molecule has 1 N–H and O–H groups in total. The predicted molar refractivity (Wildman–Crippen MR) is 80.9 cm³/mol. The number of likely N-dealkylation sites (N-methyl/N-ethyl adjacent to an activating group) is 1. The van der Waals surface area contributed by atoms with Crippen molar-refractivity contribution in [2.45, 2.75) is 18.9 Å². The van der Waals surface area contributed by atoms with Crippen LogP contribution in [0.2, 0.25) is 5.02 Å². The summed E-state index contributed by atoms with van der Waals surface area (Å²) in [5.41, 5.74) is 2.08. The number of fused-ring (bicyclic) bond motifs is 1. The maximum Gasteiger partial charge on any atom is 0.0737 e. The van der Waals surface area contributed by atoms with E-state index in [1.807, 2.05) is 30.5 Å². The van der Waals surface area contributed by atoms with E-state index in [-0.39, 0.29) is 0 Å². The van der Waals surface area contributed by atoms with Gasteiger partial charge >= 0.3 is 0 Å². The van der Waals surface area contributed by atoms with Crippen LogP contribution in [0.1, 0.15) is 12.8 Å². The standard InChI is InChI=1S/C15H18ClN3/c1-19-8-2-3-12(19)10-18-14-6-7-17-15-9-11(16)4-5-13(14)15/h4-7,9,12H,2-3,8,10H2,1H3,(H,17,18). The fraction of sp³-hybridized carbons (Fsp3) is 0.400. The first-order valence-corrected chi connectivity index (χ1v) is 7.10. The summed E-state index contributed by atoms with van der Waals surface area (Å²) in [4.78, 5) is 6.79. The van der Waals surface area contributed by atoms with E-state index >= 15 is 0 Å². The van der Waals surface area contributed by atoms with Crippen molar-refractivity contribution in [3.05, 3.63) is 35.5 Å². The SMILES string of the molecule is CN1CCCC1CNc1ccnc2cc(Cl)ccc12. The zero-order valence-electron chi connectivity index (χ0n) is 11.1. The second-order valence-corrected chi connectivity index (χ2v) is 5.61. The van der Waals surface area contributed by atoms with E-state index < -0.39 is 0 Å². The predicted octanol–water partition coefficient (Wildman–Crippen LogP) is 3.39. The molecule has 0 bridgehead atoms. The molecule has 2 aromatic rings. The number of pyridine rings is 1. The summed E-state index contributed by atoms with van der Waals surface area (Å²) in [7, 11) is 2.20. The van der Waals surface area contributed by atoms with Gasteiger partial charge in [0, 0.05) is 34.9 Å². The highest BCUT2D eigenvalue weighted by Gasteiger charge is 2.20. The van der Waals surface area contributed by atoms with E-state index in [1.54, 1.807) is 0 Å². The number of nitrogens with one attached hydrogen (secondary N) is 1. The summed E-state index contributed by atoms with van der Waals surface area (Å²) < 4.78 is 0. The van der Waals surface area contributed by atoms with Crippen LogP contribution < -0.4 is 5.32 Å². The summed E-state index contributed by atoms with van der Waals surface area (Å²) in [6.07, 6.45) is 4.41. The lowest BCUT2D eigenvalue weighted by Gasteiger charge is -2.20. The Morgan fingerprint density at radius 1 is 1.42 bits per heavy atom. The highest BCUT2D eigenvalue weighted by atomic mass is 35.5. The highest BCUT2D eigenvalue weighted by Crippen LogP contribution is 2.25. The molecule has 1 aromatic carbocycles. The molecule has 0 radical (unpaired) electrons. The van der Waals surface area contributed by atoms with Crippen molar-refractivity contribution in [2.24, 2.45) is 0 Å². The van der Waals surface area contributed by atoms with Crippen LogP contribution >= 0.6 is 11.6 Å². The molecule has 1 unspecified atom stereocenters. The van der Waals surface area contributed by atoms with Gasteiger partial charge in [0.05, 0.1) is 5.52 Å². The maximum atomic E-state index is 6.00. The van der Waals surface area contributed by atoms with Gasteiger partial charge in [-0.2, -0.15) is 0 Å². The van der Waals surface area contributed by atoms with E-state index in [4.69, 9.17) is 11.6 Å². The minimum atomic E-state index is 0.635. The molecule has 1 atom stereocenters. The smallest absolute Gasteiger partial charge is 0.0737 e. The second-order valence-electron chi connectivity index (χ2n) is 5.18. The van der Waals surface area contributed by atoms with Gasteiger partial charge < -0.3 is 10.2 Å². The Bertz CT molecular complexity index is 585. The zero-order chi connectivity index (χ0) is 13.2. The molecule has 0 amide bonds. The number of anilines is 1. The quantitative estimate of drug-likeness (QED) is 0.931. The number of likely N-dealkylation sites (tertiary alicyclic amines) is 1. The van der Waals surface area contributed by atoms with Gasteiger partial charge in [-0.15, -0.1) is 0 Å². The molecule has 3 nitrogen and oxygen atoms in total. The average molecular weight is 276 g/mol. The Balaban J connectivity index is 1.81. The second kappa shape index (κ2) is 5.35. The Kier molecular flexibility index (Phi) is 3.58. The van der Waals surface area contributed by atoms with Crippen molar-refractivity contribution in [3.63, 3.8) is 0 Å². The van der Waals surface area contributed by atoms with E-state index in [0.717, 1.165) is 28.2 Å². The summed E-state index contributed by atoms with van der Waals surface area (Å²) in [6, 6.07) is 8.52. The van der Waals surface area contributed by atoms with Crippen LogP contribution in [0.4, 0.5) is 5.69 Å². The van der Waals surface area contributed by atoms with Gasteiger partial charge in [-0.1, -0.05) is 11.6 Å². The van der Waals surface area contributed by atoms with Crippen molar-refractivity contribution in [1.82, 2.24) is 9.88 Å². The van der Waals surface area contributed by atoms with Crippen LogP contribution in [-0.2, 0) is 0 Å². The van der Waals surface area contributed by atoms with E-state index in [2.05, 4.69) is 22.2 Å².